The molecule has 5 heteroatoms. The highest BCUT2D eigenvalue weighted by Crippen LogP contribution is 2.43. The van der Waals surface area contributed by atoms with Gasteiger partial charge in [-0.05, 0) is 12.5 Å². The fourth-order valence-electron chi connectivity index (χ4n) is 1.57. The van der Waals surface area contributed by atoms with E-state index >= 15 is 0 Å². The first-order chi connectivity index (χ1) is 7.79. The highest BCUT2D eigenvalue weighted by Gasteiger charge is 2.46. The molecular formula is C11H12N2O2S. The maximum absolute atomic E-state index is 12.0. The molecule has 0 radical (unpaired) electrons. The number of nitrogens with zero attached hydrogens (tertiary/aromatic N) is 2. The van der Waals surface area contributed by atoms with Crippen molar-refractivity contribution in [2.24, 2.45) is 9.63 Å². The van der Waals surface area contributed by atoms with Crippen LogP contribution < -0.4 is 0 Å². The average molecular weight is 236 g/mol. The standard InChI is InChI=1S/C11H12N2O2S/c1-2-15-10(14)11(8-12-13-16-11)9-6-4-3-5-7-9/h3-7H,2,8H2,1H3. The largest absolute Gasteiger partial charge is 0.465 e. The lowest BCUT2D eigenvalue weighted by molar-refractivity contribution is -0.146. The van der Waals surface area contributed by atoms with Gasteiger partial charge < -0.3 is 4.74 Å². The molecule has 0 bridgehead atoms. The van der Waals surface area contributed by atoms with E-state index in [-0.39, 0.29) is 5.97 Å². The molecule has 1 aromatic carbocycles. The molecule has 0 aliphatic carbocycles. The number of hydrogen-bond donors (Lipinski definition) is 0. The fraction of sp³-hybridized carbons (Fsp3) is 0.364. The lowest BCUT2D eigenvalue weighted by atomic mass is 9.98. The Hall–Kier alpha value is -1.36. The topological polar surface area (TPSA) is 51.0 Å². The van der Waals surface area contributed by atoms with Crippen molar-refractivity contribution < 1.29 is 9.53 Å². The van der Waals surface area contributed by atoms with Gasteiger partial charge in [-0.2, -0.15) is 5.11 Å². The summed E-state index contributed by atoms with van der Waals surface area (Å²) >= 11 is 1.17. The summed E-state index contributed by atoms with van der Waals surface area (Å²) in [7, 11) is 0. The Morgan fingerprint density at radius 2 is 2.25 bits per heavy atom. The van der Waals surface area contributed by atoms with Crippen LogP contribution in [0.2, 0.25) is 0 Å². The summed E-state index contributed by atoms with van der Waals surface area (Å²) in [6, 6.07) is 9.52. The van der Waals surface area contributed by atoms with E-state index in [0.717, 1.165) is 5.56 Å². The van der Waals surface area contributed by atoms with E-state index in [9.17, 15) is 4.79 Å². The van der Waals surface area contributed by atoms with Crippen LogP contribution in [0.15, 0.2) is 40.0 Å². The van der Waals surface area contributed by atoms with Gasteiger partial charge in [-0.1, -0.05) is 30.3 Å². The molecular weight excluding hydrogens is 224 g/mol. The molecule has 0 spiro atoms. The van der Waals surface area contributed by atoms with E-state index in [1.807, 2.05) is 30.3 Å². The van der Waals surface area contributed by atoms with Gasteiger partial charge in [-0.25, -0.2) is 0 Å². The smallest absolute Gasteiger partial charge is 0.330 e. The minimum atomic E-state index is -0.780. The van der Waals surface area contributed by atoms with Crippen LogP contribution in [-0.4, -0.2) is 19.1 Å². The zero-order valence-corrected chi connectivity index (χ0v) is 9.74. The van der Waals surface area contributed by atoms with Gasteiger partial charge >= 0.3 is 5.97 Å². The second kappa shape index (κ2) is 4.65. The first-order valence-corrected chi connectivity index (χ1v) is 5.84. The highest BCUT2D eigenvalue weighted by molar-refractivity contribution is 7.99. The molecule has 0 aromatic heterocycles. The second-order valence-electron chi connectivity index (χ2n) is 3.39. The second-order valence-corrected chi connectivity index (χ2v) is 4.43. The minimum absolute atomic E-state index is 0.267. The lowest BCUT2D eigenvalue weighted by Gasteiger charge is -2.22. The van der Waals surface area contributed by atoms with Gasteiger partial charge in [0.2, 0.25) is 0 Å². The molecule has 1 aromatic rings. The summed E-state index contributed by atoms with van der Waals surface area (Å²) < 4.78 is 8.18. The van der Waals surface area contributed by atoms with Crippen molar-refractivity contribution in [3.8, 4) is 0 Å². The number of esters is 1. The Morgan fingerprint density at radius 1 is 1.50 bits per heavy atom. The van der Waals surface area contributed by atoms with E-state index in [2.05, 4.69) is 9.63 Å². The van der Waals surface area contributed by atoms with E-state index in [0.29, 0.717) is 13.2 Å². The molecule has 1 atom stereocenters. The molecule has 0 saturated heterocycles. The molecule has 1 heterocycles. The van der Waals surface area contributed by atoms with E-state index in [1.54, 1.807) is 6.92 Å². The number of rotatable bonds is 3. The summed E-state index contributed by atoms with van der Waals surface area (Å²) in [4.78, 5) is 12.0. The molecule has 1 aliphatic rings. The van der Waals surface area contributed by atoms with Gasteiger partial charge in [-0.3, -0.25) is 4.79 Å². The van der Waals surface area contributed by atoms with Crippen molar-refractivity contribution >= 4 is 17.9 Å². The van der Waals surface area contributed by atoms with Gasteiger partial charge in [0, 0.05) is 11.9 Å². The quantitative estimate of drug-likeness (QED) is 0.598. The third kappa shape index (κ3) is 1.82. The molecule has 84 valence electrons. The van der Waals surface area contributed by atoms with Crippen LogP contribution in [0.1, 0.15) is 12.5 Å². The van der Waals surface area contributed by atoms with Gasteiger partial charge in [0.25, 0.3) is 0 Å². The van der Waals surface area contributed by atoms with Crippen molar-refractivity contribution in [2.45, 2.75) is 11.7 Å². The van der Waals surface area contributed by atoms with E-state index in [4.69, 9.17) is 4.74 Å². The molecule has 0 saturated carbocycles. The molecule has 4 nitrogen and oxygen atoms in total. The predicted octanol–water partition coefficient (Wildman–Crippen LogP) is 2.56. The SMILES string of the molecule is CCOC(=O)C1(c2ccccc2)CN=NS1. The molecule has 0 fully saturated rings. The van der Waals surface area contributed by atoms with Gasteiger partial charge in [0.05, 0.1) is 13.2 Å². The Morgan fingerprint density at radius 3 is 2.81 bits per heavy atom. The van der Waals surface area contributed by atoms with Crippen LogP contribution in [0.3, 0.4) is 0 Å². The molecule has 2 rings (SSSR count). The number of carbonyl (C=O) groups is 1. The highest BCUT2D eigenvalue weighted by atomic mass is 32.2. The number of ether oxygens (including phenoxy) is 1. The van der Waals surface area contributed by atoms with Gasteiger partial charge in [-0.15, -0.1) is 4.52 Å². The summed E-state index contributed by atoms with van der Waals surface area (Å²) in [5.74, 6) is -0.267. The average Bonchev–Trinajstić information content (AvgIpc) is 2.81. The predicted molar refractivity (Wildman–Crippen MR) is 62.1 cm³/mol. The van der Waals surface area contributed by atoms with Crippen LogP contribution in [0.5, 0.6) is 0 Å². The maximum Gasteiger partial charge on any atom is 0.330 e. The molecule has 1 aliphatic heterocycles. The van der Waals surface area contributed by atoms with Gasteiger partial charge in [0.15, 0.2) is 4.75 Å². The van der Waals surface area contributed by atoms with Crippen LogP contribution in [0.25, 0.3) is 0 Å². The first kappa shape index (κ1) is 11.1. The summed E-state index contributed by atoms with van der Waals surface area (Å²) in [6.45, 7) is 2.51. The summed E-state index contributed by atoms with van der Waals surface area (Å²) in [5, 5.41) is 3.90. The summed E-state index contributed by atoms with van der Waals surface area (Å²) in [5.41, 5.74) is 0.892. The molecule has 1 unspecified atom stereocenters. The minimum Gasteiger partial charge on any atom is -0.465 e. The number of hydrogen-bond acceptors (Lipinski definition) is 5. The Kier molecular flexibility index (Phi) is 3.24. The third-order valence-electron chi connectivity index (χ3n) is 2.39. The van der Waals surface area contributed by atoms with Crippen molar-refractivity contribution in [3.63, 3.8) is 0 Å². The van der Waals surface area contributed by atoms with Crippen molar-refractivity contribution in [2.75, 3.05) is 13.2 Å². The molecule has 0 N–H and O–H groups in total. The zero-order chi connectivity index (χ0) is 11.4. The van der Waals surface area contributed by atoms with Crippen LogP contribution in [-0.2, 0) is 14.3 Å². The number of carbonyl (C=O) groups excluding carboxylic acids is 1. The zero-order valence-electron chi connectivity index (χ0n) is 8.92. The third-order valence-corrected chi connectivity index (χ3v) is 3.43. The van der Waals surface area contributed by atoms with Crippen LogP contribution in [0.4, 0.5) is 0 Å². The van der Waals surface area contributed by atoms with Crippen LogP contribution >= 0.6 is 11.9 Å². The fourth-order valence-corrected chi connectivity index (χ4v) is 2.32. The lowest BCUT2D eigenvalue weighted by Crippen LogP contribution is -2.35. The van der Waals surface area contributed by atoms with Crippen molar-refractivity contribution in [1.29, 1.82) is 0 Å². The Balaban J connectivity index is 2.33. The maximum atomic E-state index is 12.0. The van der Waals surface area contributed by atoms with Gasteiger partial charge in [0.1, 0.15) is 0 Å². The monoisotopic (exact) mass is 236 g/mol. The van der Waals surface area contributed by atoms with Crippen molar-refractivity contribution in [3.05, 3.63) is 35.9 Å². The Labute approximate surface area is 98.2 Å². The van der Waals surface area contributed by atoms with E-state index in [1.165, 1.54) is 11.9 Å². The Bertz CT molecular complexity index is 398. The molecule has 0 amide bonds. The molecule has 16 heavy (non-hydrogen) atoms. The number of benzene rings is 1. The van der Waals surface area contributed by atoms with Crippen LogP contribution in [0, 0.1) is 0 Å². The van der Waals surface area contributed by atoms with Crippen molar-refractivity contribution in [1.82, 2.24) is 0 Å². The summed E-state index contributed by atoms with van der Waals surface area (Å²) in [6.07, 6.45) is 0. The van der Waals surface area contributed by atoms with E-state index < -0.39 is 4.75 Å². The normalized spacial score (nSPS) is 23.3. The first-order valence-electron chi connectivity index (χ1n) is 5.07.